The van der Waals surface area contributed by atoms with Gasteiger partial charge in [0.1, 0.15) is 4.83 Å². The van der Waals surface area contributed by atoms with Gasteiger partial charge >= 0.3 is 0 Å². The smallest absolute Gasteiger partial charge is 0.263 e. The summed E-state index contributed by atoms with van der Waals surface area (Å²) in [5, 5.41) is 6.65. The molecule has 0 saturated carbocycles. The molecule has 0 radical (unpaired) electrons. The van der Waals surface area contributed by atoms with Gasteiger partial charge in [-0.1, -0.05) is 0 Å². The minimum Gasteiger partial charge on any atom is -0.355 e. The monoisotopic (exact) mass is 382 g/mol. The van der Waals surface area contributed by atoms with Crippen LogP contribution in [-0.4, -0.2) is 22.5 Å². The van der Waals surface area contributed by atoms with Crippen LogP contribution < -0.4 is 16.2 Å². The molecule has 7 heteroatoms. The highest BCUT2D eigenvalue weighted by atomic mass is 32.1. The van der Waals surface area contributed by atoms with Gasteiger partial charge in [-0.2, -0.15) is 0 Å². The fraction of sp³-hybridized carbons (Fsp3) is 0.350. The number of amides is 1. The van der Waals surface area contributed by atoms with Crippen LogP contribution in [0.1, 0.15) is 40.6 Å². The van der Waals surface area contributed by atoms with Crippen molar-refractivity contribution in [3.05, 3.63) is 50.6 Å². The standard InChI is InChI=1S/C20H22N4O2S/c1-3-24-19(26)16-14-6-4-5-7-15(14)27-18(16)23-20(24)22-13-10-8-12(9-11-13)17(25)21-2/h8-11H,3-7H2,1-2H3,(H,21,25)(H,22,23). The summed E-state index contributed by atoms with van der Waals surface area (Å²) in [6, 6.07) is 7.14. The number of nitrogens with one attached hydrogen (secondary N) is 2. The summed E-state index contributed by atoms with van der Waals surface area (Å²) >= 11 is 1.65. The highest BCUT2D eigenvalue weighted by molar-refractivity contribution is 7.18. The first-order valence-corrected chi connectivity index (χ1v) is 10.1. The minimum absolute atomic E-state index is 0.0337. The zero-order chi connectivity index (χ0) is 19.0. The fourth-order valence-electron chi connectivity index (χ4n) is 3.61. The van der Waals surface area contributed by atoms with Crippen LogP contribution in [0.3, 0.4) is 0 Å². The van der Waals surface area contributed by atoms with E-state index in [1.165, 1.54) is 16.9 Å². The third-order valence-electron chi connectivity index (χ3n) is 5.02. The quantitative estimate of drug-likeness (QED) is 0.725. The van der Waals surface area contributed by atoms with E-state index in [2.05, 4.69) is 10.6 Å². The van der Waals surface area contributed by atoms with E-state index in [0.29, 0.717) is 18.1 Å². The Morgan fingerprint density at radius 3 is 2.67 bits per heavy atom. The van der Waals surface area contributed by atoms with Gasteiger partial charge in [0.2, 0.25) is 5.95 Å². The van der Waals surface area contributed by atoms with Gasteiger partial charge in [0, 0.05) is 29.7 Å². The van der Waals surface area contributed by atoms with Gasteiger partial charge in [0.05, 0.1) is 5.39 Å². The molecular weight excluding hydrogens is 360 g/mol. The van der Waals surface area contributed by atoms with E-state index in [-0.39, 0.29) is 11.5 Å². The molecule has 0 bridgehead atoms. The third kappa shape index (κ3) is 3.12. The van der Waals surface area contributed by atoms with Crippen molar-refractivity contribution in [2.75, 3.05) is 12.4 Å². The van der Waals surface area contributed by atoms with Crippen LogP contribution in [0, 0.1) is 0 Å². The first kappa shape index (κ1) is 17.7. The molecule has 1 aliphatic rings. The Labute approximate surface area is 161 Å². The topological polar surface area (TPSA) is 76.0 Å². The van der Waals surface area contributed by atoms with E-state index >= 15 is 0 Å². The number of carbonyl (C=O) groups is 1. The molecule has 0 spiro atoms. The molecule has 2 N–H and O–H groups in total. The lowest BCUT2D eigenvalue weighted by Crippen LogP contribution is -2.24. The Morgan fingerprint density at radius 2 is 1.96 bits per heavy atom. The molecule has 6 nitrogen and oxygen atoms in total. The molecule has 2 aromatic heterocycles. The predicted molar refractivity (Wildman–Crippen MR) is 109 cm³/mol. The second-order valence-corrected chi connectivity index (χ2v) is 7.74. The zero-order valence-corrected chi connectivity index (χ0v) is 16.3. The van der Waals surface area contributed by atoms with Crippen LogP contribution in [0.15, 0.2) is 29.1 Å². The number of aromatic nitrogens is 2. The van der Waals surface area contributed by atoms with Crippen molar-refractivity contribution >= 4 is 39.1 Å². The molecule has 0 saturated heterocycles. The van der Waals surface area contributed by atoms with Crippen molar-refractivity contribution < 1.29 is 4.79 Å². The SMILES string of the molecule is CCn1c(Nc2ccc(C(=O)NC)cc2)nc2sc3c(c2c1=O)CCCC3. The molecule has 0 fully saturated rings. The fourth-order valence-corrected chi connectivity index (χ4v) is 4.86. The molecule has 4 rings (SSSR count). The zero-order valence-electron chi connectivity index (χ0n) is 15.5. The molecule has 0 atom stereocenters. The van der Waals surface area contributed by atoms with Crippen molar-refractivity contribution in [1.82, 2.24) is 14.9 Å². The Hall–Kier alpha value is -2.67. The van der Waals surface area contributed by atoms with E-state index in [4.69, 9.17) is 4.98 Å². The lowest BCUT2D eigenvalue weighted by Gasteiger charge is -2.13. The number of nitrogens with zero attached hydrogens (tertiary/aromatic N) is 2. The summed E-state index contributed by atoms with van der Waals surface area (Å²) in [5.74, 6) is 0.414. The Morgan fingerprint density at radius 1 is 1.22 bits per heavy atom. The average molecular weight is 382 g/mol. The maximum absolute atomic E-state index is 13.1. The summed E-state index contributed by atoms with van der Waals surface area (Å²) in [5.41, 5.74) is 2.62. The van der Waals surface area contributed by atoms with Gasteiger partial charge in [0.15, 0.2) is 0 Å². The van der Waals surface area contributed by atoms with Crippen molar-refractivity contribution in [3.63, 3.8) is 0 Å². The van der Waals surface area contributed by atoms with E-state index in [9.17, 15) is 9.59 Å². The molecule has 2 heterocycles. The predicted octanol–water partition coefficient (Wildman–Crippen LogP) is 3.46. The molecule has 3 aromatic rings. The molecular formula is C20H22N4O2S. The number of anilines is 2. The summed E-state index contributed by atoms with van der Waals surface area (Å²) in [7, 11) is 1.61. The highest BCUT2D eigenvalue weighted by Crippen LogP contribution is 2.34. The van der Waals surface area contributed by atoms with Gasteiger partial charge in [-0.05, 0) is 62.4 Å². The maximum Gasteiger partial charge on any atom is 0.263 e. The van der Waals surface area contributed by atoms with Gasteiger partial charge in [0.25, 0.3) is 11.5 Å². The van der Waals surface area contributed by atoms with E-state index in [0.717, 1.165) is 35.2 Å². The van der Waals surface area contributed by atoms with E-state index in [1.807, 2.05) is 19.1 Å². The highest BCUT2D eigenvalue weighted by Gasteiger charge is 2.21. The summed E-state index contributed by atoms with van der Waals surface area (Å²) < 4.78 is 1.69. The van der Waals surface area contributed by atoms with Crippen molar-refractivity contribution in [2.45, 2.75) is 39.2 Å². The molecule has 0 aliphatic heterocycles. The lowest BCUT2D eigenvalue weighted by molar-refractivity contribution is 0.0963. The first-order valence-electron chi connectivity index (χ1n) is 9.26. The largest absolute Gasteiger partial charge is 0.355 e. The molecule has 27 heavy (non-hydrogen) atoms. The molecule has 1 aliphatic carbocycles. The maximum atomic E-state index is 13.1. The van der Waals surface area contributed by atoms with Crippen molar-refractivity contribution in [2.24, 2.45) is 0 Å². The van der Waals surface area contributed by atoms with Gasteiger partial charge in [-0.15, -0.1) is 11.3 Å². The molecule has 0 unspecified atom stereocenters. The number of rotatable bonds is 4. The Balaban J connectivity index is 1.75. The number of aryl methyl sites for hydroxylation is 2. The van der Waals surface area contributed by atoms with Crippen molar-refractivity contribution in [3.8, 4) is 0 Å². The van der Waals surface area contributed by atoms with Crippen molar-refractivity contribution in [1.29, 1.82) is 0 Å². The van der Waals surface area contributed by atoms with E-state index < -0.39 is 0 Å². The number of fused-ring (bicyclic) bond motifs is 3. The number of hydrogen-bond donors (Lipinski definition) is 2. The van der Waals surface area contributed by atoms with Crippen LogP contribution in [0.4, 0.5) is 11.6 Å². The molecule has 1 aromatic carbocycles. The second-order valence-electron chi connectivity index (χ2n) is 6.66. The van der Waals surface area contributed by atoms with Gasteiger partial charge < -0.3 is 10.6 Å². The van der Waals surface area contributed by atoms with E-state index in [1.54, 1.807) is 35.1 Å². The van der Waals surface area contributed by atoms with Crippen LogP contribution in [-0.2, 0) is 19.4 Å². The normalized spacial score (nSPS) is 13.4. The Bertz CT molecular complexity index is 1070. The molecule has 140 valence electrons. The average Bonchev–Trinajstić information content (AvgIpc) is 3.06. The third-order valence-corrected chi connectivity index (χ3v) is 6.21. The number of carbonyl (C=O) groups excluding carboxylic acids is 1. The summed E-state index contributed by atoms with van der Waals surface area (Å²) in [6.45, 7) is 2.50. The Kier molecular flexibility index (Phi) is 4.70. The van der Waals surface area contributed by atoms with Crippen LogP contribution in [0.2, 0.25) is 0 Å². The minimum atomic E-state index is -0.129. The first-order chi connectivity index (χ1) is 13.1. The second kappa shape index (κ2) is 7.15. The van der Waals surface area contributed by atoms with Crippen LogP contribution in [0.25, 0.3) is 10.2 Å². The number of hydrogen-bond acceptors (Lipinski definition) is 5. The number of thiophene rings is 1. The lowest BCUT2D eigenvalue weighted by atomic mass is 9.97. The van der Waals surface area contributed by atoms with Gasteiger partial charge in [-0.25, -0.2) is 4.98 Å². The van der Waals surface area contributed by atoms with Crippen LogP contribution in [0.5, 0.6) is 0 Å². The summed E-state index contributed by atoms with van der Waals surface area (Å²) in [4.78, 5) is 31.7. The molecule has 1 amide bonds. The van der Waals surface area contributed by atoms with Gasteiger partial charge in [-0.3, -0.25) is 14.2 Å². The number of benzene rings is 1. The van der Waals surface area contributed by atoms with Crippen LogP contribution >= 0.6 is 11.3 Å². The summed E-state index contributed by atoms with van der Waals surface area (Å²) in [6.07, 6.45) is 4.35.